The first-order valence-electron chi connectivity index (χ1n) is 7.85. The summed E-state index contributed by atoms with van der Waals surface area (Å²) in [4.78, 5) is 12.3. The van der Waals surface area contributed by atoms with Gasteiger partial charge in [0.2, 0.25) is 5.91 Å². The minimum absolute atomic E-state index is 0.166. The van der Waals surface area contributed by atoms with E-state index in [1.54, 1.807) is 6.07 Å². The van der Waals surface area contributed by atoms with Crippen molar-refractivity contribution in [2.24, 2.45) is 0 Å². The van der Waals surface area contributed by atoms with Gasteiger partial charge in [0.05, 0.1) is 21.5 Å². The third-order valence-corrected chi connectivity index (χ3v) is 5.73. The van der Waals surface area contributed by atoms with Gasteiger partial charge >= 0.3 is 0 Å². The SMILES string of the molecule is Cc1ccc(Cl)c(NC(=O)CSc2nnc3n2CCCCC3)c1Cl. The van der Waals surface area contributed by atoms with Crippen LogP contribution in [0, 0.1) is 6.92 Å². The van der Waals surface area contributed by atoms with Crippen molar-refractivity contribution in [2.45, 2.75) is 44.3 Å². The van der Waals surface area contributed by atoms with Crippen molar-refractivity contribution in [2.75, 3.05) is 11.1 Å². The molecule has 3 rings (SSSR count). The van der Waals surface area contributed by atoms with E-state index < -0.39 is 0 Å². The summed E-state index contributed by atoms with van der Waals surface area (Å²) in [5.41, 5.74) is 1.33. The number of halogens is 2. The number of anilines is 1. The Labute approximate surface area is 155 Å². The highest BCUT2D eigenvalue weighted by molar-refractivity contribution is 7.99. The van der Waals surface area contributed by atoms with Crippen molar-refractivity contribution < 1.29 is 4.79 Å². The van der Waals surface area contributed by atoms with E-state index in [9.17, 15) is 4.79 Å². The van der Waals surface area contributed by atoms with Gasteiger partial charge in [-0.2, -0.15) is 0 Å². The van der Waals surface area contributed by atoms with Crippen LogP contribution in [0.3, 0.4) is 0 Å². The van der Waals surface area contributed by atoms with Crippen molar-refractivity contribution in [1.29, 1.82) is 0 Å². The first-order valence-corrected chi connectivity index (χ1v) is 9.59. The lowest BCUT2D eigenvalue weighted by Gasteiger charge is -2.11. The van der Waals surface area contributed by atoms with E-state index in [4.69, 9.17) is 23.2 Å². The minimum Gasteiger partial charge on any atom is -0.323 e. The van der Waals surface area contributed by atoms with Gasteiger partial charge in [-0.15, -0.1) is 10.2 Å². The van der Waals surface area contributed by atoms with E-state index >= 15 is 0 Å². The standard InChI is InChI=1S/C16H18Cl2N4OS/c1-10-6-7-11(17)15(14(10)18)19-13(23)9-24-16-21-20-12-5-3-2-4-8-22(12)16/h6-7H,2-5,8-9H2,1H3,(H,19,23). The quantitative estimate of drug-likeness (QED) is 0.795. The first-order chi connectivity index (χ1) is 11.6. The average Bonchev–Trinajstić information content (AvgIpc) is 2.79. The number of nitrogens with one attached hydrogen (secondary N) is 1. The van der Waals surface area contributed by atoms with Crippen LogP contribution in [0.5, 0.6) is 0 Å². The fourth-order valence-electron chi connectivity index (χ4n) is 2.64. The number of hydrogen-bond acceptors (Lipinski definition) is 4. The predicted molar refractivity (Wildman–Crippen MR) is 98.1 cm³/mol. The maximum Gasteiger partial charge on any atom is 0.234 e. The zero-order valence-corrected chi connectivity index (χ0v) is 15.6. The first kappa shape index (κ1) is 17.6. The number of nitrogens with zero attached hydrogens (tertiary/aromatic N) is 3. The van der Waals surface area contributed by atoms with Crippen LogP contribution in [0.4, 0.5) is 5.69 Å². The lowest BCUT2D eigenvalue weighted by Crippen LogP contribution is -2.15. The van der Waals surface area contributed by atoms with Crippen LogP contribution in [-0.4, -0.2) is 26.4 Å². The molecule has 0 spiro atoms. The second kappa shape index (κ2) is 7.76. The highest BCUT2D eigenvalue weighted by Gasteiger charge is 2.17. The Morgan fingerprint density at radius 1 is 1.29 bits per heavy atom. The van der Waals surface area contributed by atoms with E-state index in [1.165, 1.54) is 18.2 Å². The van der Waals surface area contributed by atoms with Gasteiger partial charge in [0.25, 0.3) is 0 Å². The molecule has 0 fully saturated rings. The van der Waals surface area contributed by atoms with Crippen molar-refractivity contribution in [1.82, 2.24) is 14.8 Å². The van der Waals surface area contributed by atoms with Crippen LogP contribution >= 0.6 is 35.0 Å². The second-order valence-corrected chi connectivity index (χ2v) is 7.48. The zero-order chi connectivity index (χ0) is 17.1. The number of carbonyl (C=O) groups excluding carboxylic acids is 1. The summed E-state index contributed by atoms with van der Waals surface area (Å²) in [6.07, 6.45) is 4.43. The average molecular weight is 385 g/mol. The van der Waals surface area contributed by atoms with Gasteiger partial charge in [0.15, 0.2) is 5.16 Å². The Bertz CT molecular complexity index is 763. The molecule has 0 saturated carbocycles. The molecule has 24 heavy (non-hydrogen) atoms. The molecule has 2 heterocycles. The Morgan fingerprint density at radius 3 is 2.96 bits per heavy atom. The summed E-state index contributed by atoms with van der Waals surface area (Å²) < 4.78 is 2.12. The molecular weight excluding hydrogens is 367 g/mol. The molecule has 8 heteroatoms. The van der Waals surface area contributed by atoms with Crippen LogP contribution in [-0.2, 0) is 17.8 Å². The lowest BCUT2D eigenvalue weighted by molar-refractivity contribution is -0.113. The largest absolute Gasteiger partial charge is 0.323 e. The number of rotatable bonds is 4. The molecule has 0 saturated heterocycles. The normalized spacial score (nSPS) is 14.1. The van der Waals surface area contributed by atoms with E-state index in [1.807, 2.05) is 13.0 Å². The number of hydrogen-bond donors (Lipinski definition) is 1. The molecule has 5 nitrogen and oxygen atoms in total. The van der Waals surface area contributed by atoms with Crippen LogP contribution in [0.15, 0.2) is 17.3 Å². The molecule has 128 valence electrons. The molecular formula is C16H18Cl2N4OS. The van der Waals surface area contributed by atoms with Gasteiger partial charge in [-0.25, -0.2) is 0 Å². The maximum absolute atomic E-state index is 12.3. The van der Waals surface area contributed by atoms with Crippen LogP contribution < -0.4 is 5.32 Å². The zero-order valence-electron chi connectivity index (χ0n) is 13.3. The molecule has 1 amide bonds. The Morgan fingerprint density at radius 2 is 2.12 bits per heavy atom. The van der Waals surface area contributed by atoms with Gasteiger partial charge < -0.3 is 9.88 Å². The molecule has 0 unspecified atom stereocenters. The molecule has 1 aliphatic heterocycles. The topological polar surface area (TPSA) is 59.8 Å². The minimum atomic E-state index is -0.166. The predicted octanol–water partition coefficient (Wildman–Crippen LogP) is 4.35. The summed E-state index contributed by atoms with van der Waals surface area (Å²) in [6.45, 7) is 2.79. The lowest BCUT2D eigenvalue weighted by atomic mass is 10.2. The van der Waals surface area contributed by atoms with E-state index in [-0.39, 0.29) is 11.7 Å². The molecule has 1 aromatic heterocycles. The van der Waals surface area contributed by atoms with Gasteiger partial charge in [-0.05, 0) is 31.4 Å². The summed E-state index contributed by atoms with van der Waals surface area (Å²) in [7, 11) is 0. The molecule has 0 atom stereocenters. The summed E-state index contributed by atoms with van der Waals surface area (Å²) >= 11 is 13.7. The third kappa shape index (κ3) is 3.87. The van der Waals surface area contributed by atoms with Gasteiger partial charge in [0, 0.05) is 13.0 Å². The molecule has 1 aliphatic rings. The van der Waals surface area contributed by atoms with E-state index in [0.29, 0.717) is 15.7 Å². The van der Waals surface area contributed by atoms with Crippen molar-refractivity contribution in [3.63, 3.8) is 0 Å². The monoisotopic (exact) mass is 384 g/mol. The van der Waals surface area contributed by atoms with Crippen molar-refractivity contribution in [3.8, 4) is 0 Å². The van der Waals surface area contributed by atoms with Crippen LogP contribution in [0.2, 0.25) is 10.0 Å². The van der Waals surface area contributed by atoms with Crippen molar-refractivity contribution >= 4 is 46.6 Å². The fraction of sp³-hybridized carbons (Fsp3) is 0.438. The molecule has 0 radical (unpaired) electrons. The number of aryl methyl sites for hydroxylation is 2. The van der Waals surface area contributed by atoms with Gasteiger partial charge in [0.1, 0.15) is 5.82 Å². The maximum atomic E-state index is 12.3. The summed E-state index contributed by atoms with van der Waals surface area (Å²) in [5.74, 6) is 1.08. The van der Waals surface area contributed by atoms with Gasteiger partial charge in [-0.3, -0.25) is 4.79 Å². The molecule has 0 aliphatic carbocycles. The Balaban J connectivity index is 1.65. The number of carbonyl (C=O) groups is 1. The number of amides is 1. The Kier molecular flexibility index (Phi) is 5.69. The number of aromatic nitrogens is 3. The van der Waals surface area contributed by atoms with Crippen LogP contribution in [0.1, 0.15) is 30.7 Å². The molecule has 0 bridgehead atoms. The smallest absolute Gasteiger partial charge is 0.234 e. The van der Waals surface area contributed by atoms with Crippen molar-refractivity contribution in [3.05, 3.63) is 33.6 Å². The molecule has 1 N–H and O–H groups in total. The van der Waals surface area contributed by atoms with Crippen LogP contribution in [0.25, 0.3) is 0 Å². The number of benzene rings is 1. The Hall–Kier alpha value is -1.24. The summed E-state index contributed by atoms with van der Waals surface area (Å²) in [5, 5.41) is 12.9. The molecule has 1 aromatic carbocycles. The summed E-state index contributed by atoms with van der Waals surface area (Å²) in [6, 6.07) is 3.55. The number of fused-ring (bicyclic) bond motifs is 1. The van der Waals surface area contributed by atoms with E-state index in [0.717, 1.165) is 42.4 Å². The second-order valence-electron chi connectivity index (χ2n) is 5.75. The third-order valence-electron chi connectivity index (χ3n) is 3.96. The molecule has 2 aromatic rings. The van der Waals surface area contributed by atoms with Gasteiger partial charge in [-0.1, -0.05) is 47.5 Å². The highest BCUT2D eigenvalue weighted by Crippen LogP contribution is 2.33. The van der Waals surface area contributed by atoms with E-state index in [2.05, 4.69) is 20.1 Å². The number of thioether (sulfide) groups is 1. The highest BCUT2D eigenvalue weighted by atomic mass is 35.5. The fourth-order valence-corrected chi connectivity index (χ4v) is 3.89.